The van der Waals surface area contributed by atoms with Crippen molar-refractivity contribution in [3.8, 4) is 0 Å². The Morgan fingerprint density at radius 1 is 1.35 bits per heavy atom. The SMILES string of the molecule is CC(=O)C1=C(C)NC(=S)N[C@@H]1c1ccc([N+](=O)[O-])cc1. The van der Waals surface area contributed by atoms with Crippen molar-refractivity contribution in [2.45, 2.75) is 19.9 Å². The molecule has 0 aromatic heterocycles. The molecule has 0 saturated heterocycles. The largest absolute Gasteiger partial charge is 0.351 e. The average Bonchev–Trinajstić information content (AvgIpc) is 2.37. The van der Waals surface area contributed by atoms with E-state index < -0.39 is 4.92 Å². The quantitative estimate of drug-likeness (QED) is 0.503. The maximum absolute atomic E-state index is 11.8. The number of Topliss-reactive ketones (excluding diaryl/α,β-unsaturated/α-hetero) is 1. The number of nitro benzene ring substituents is 1. The van der Waals surface area contributed by atoms with Crippen molar-refractivity contribution in [1.29, 1.82) is 0 Å². The van der Waals surface area contributed by atoms with Crippen molar-refractivity contribution in [3.05, 3.63) is 51.2 Å². The molecule has 0 amide bonds. The van der Waals surface area contributed by atoms with Gasteiger partial charge in [-0.25, -0.2) is 0 Å². The first-order valence-corrected chi connectivity index (χ1v) is 6.34. The fraction of sp³-hybridized carbons (Fsp3) is 0.231. The first-order valence-electron chi connectivity index (χ1n) is 5.93. The van der Waals surface area contributed by atoms with Crippen LogP contribution < -0.4 is 10.6 Å². The van der Waals surface area contributed by atoms with Crippen molar-refractivity contribution in [1.82, 2.24) is 10.6 Å². The second-order valence-corrected chi connectivity index (χ2v) is 4.88. The number of carbonyl (C=O) groups excluding carboxylic acids is 1. The first kappa shape index (κ1) is 14.1. The summed E-state index contributed by atoms with van der Waals surface area (Å²) in [4.78, 5) is 22.0. The molecule has 0 aliphatic carbocycles. The standard InChI is InChI=1S/C13H13N3O3S/c1-7-11(8(2)17)12(15-13(20)14-7)9-3-5-10(6-4-9)16(18)19/h3-6,12H,1-2H3,(H2,14,15,20)/t12-/m1/s1. The van der Waals surface area contributed by atoms with Gasteiger partial charge in [0.2, 0.25) is 0 Å². The van der Waals surface area contributed by atoms with E-state index in [0.29, 0.717) is 16.4 Å². The van der Waals surface area contributed by atoms with Gasteiger partial charge in [0.1, 0.15) is 0 Å². The predicted molar refractivity (Wildman–Crippen MR) is 78.1 cm³/mol. The van der Waals surface area contributed by atoms with Crippen LogP contribution in [0.4, 0.5) is 5.69 Å². The highest BCUT2D eigenvalue weighted by molar-refractivity contribution is 7.80. The van der Waals surface area contributed by atoms with Crippen molar-refractivity contribution in [2.24, 2.45) is 0 Å². The summed E-state index contributed by atoms with van der Waals surface area (Å²) >= 11 is 5.09. The predicted octanol–water partition coefficient (Wildman–Crippen LogP) is 1.98. The maximum atomic E-state index is 11.8. The lowest BCUT2D eigenvalue weighted by Crippen LogP contribution is -2.44. The Labute approximate surface area is 121 Å². The molecule has 1 aliphatic heterocycles. The van der Waals surface area contributed by atoms with Gasteiger partial charge < -0.3 is 10.6 Å². The second-order valence-electron chi connectivity index (χ2n) is 4.47. The summed E-state index contributed by atoms with van der Waals surface area (Å²) in [7, 11) is 0. The van der Waals surface area contributed by atoms with E-state index in [1.54, 1.807) is 19.1 Å². The molecule has 6 nitrogen and oxygen atoms in total. The van der Waals surface area contributed by atoms with E-state index in [-0.39, 0.29) is 17.5 Å². The zero-order valence-electron chi connectivity index (χ0n) is 11.0. The third-order valence-electron chi connectivity index (χ3n) is 3.09. The van der Waals surface area contributed by atoms with E-state index in [1.165, 1.54) is 19.1 Å². The van der Waals surface area contributed by atoms with Crippen LogP contribution in [0.5, 0.6) is 0 Å². The lowest BCUT2D eigenvalue weighted by Gasteiger charge is -2.29. The van der Waals surface area contributed by atoms with E-state index in [2.05, 4.69) is 10.6 Å². The van der Waals surface area contributed by atoms with E-state index >= 15 is 0 Å². The van der Waals surface area contributed by atoms with E-state index in [0.717, 1.165) is 5.56 Å². The summed E-state index contributed by atoms with van der Waals surface area (Å²) in [5.41, 5.74) is 2.04. The number of nitrogens with zero attached hydrogens (tertiary/aromatic N) is 1. The molecule has 0 fully saturated rings. The number of benzene rings is 1. The smallest absolute Gasteiger partial charge is 0.269 e. The second kappa shape index (κ2) is 5.38. The molecule has 2 N–H and O–H groups in total. The number of hydrogen-bond acceptors (Lipinski definition) is 4. The molecule has 1 aliphatic rings. The molecular formula is C13H13N3O3S. The van der Waals surface area contributed by atoms with Crippen molar-refractivity contribution < 1.29 is 9.72 Å². The number of allylic oxidation sites excluding steroid dienone is 1. The van der Waals surface area contributed by atoms with Gasteiger partial charge in [-0.05, 0) is 43.8 Å². The Kier molecular flexibility index (Phi) is 3.80. The van der Waals surface area contributed by atoms with Gasteiger partial charge in [-0.15, -0.1) is 0 Å². The molecule has 0 radical (unpaired) electrons. The number of rotatable bonds is 3. The molecule has 20 heavy (non-hydrogen) atoms. The number of nitrogens with one attached hydrogen (secondary N) is 2. The van der Waals surface area contributed by atoms with Gasteiger partial charge in [-0.1, -0.05) is 0 Å². The first-order chi connectivity index (χ1) is 9.40. The normalized spacial score (nSPS) is 18.3. The van der Waals surface area contributed by atoms with Gasteiger partial charge in [0.25, 0.3) is 5.69 Å². The minimum absolute atomic E-state index is 0.00957. The number of non-ortho nitro benzene ring substituents is 1. The minimum atomic E-state index is -0.461. The third-order valence-corrected chi connectivity index (χ3v) is 3.31. The number of carbonyl (C=O) groups is 1. The lowest BCUT2D eigenvalue weighted by atomic mass is 9.93. The molecule has 0 saturated carbocycles. The topological polar surface area (TPSA) is 84.3 Å². The molecule has 104 valence electrons. The van der Waals surface area contributed by atoms with Crippen molar-refractivity contribution in [3.63, 3.8) is 0 Å². The van der Waals surface area contributed by atoms with Crippen LogP contribution >= 0.6 is 12.2 Å². The van der Waals surface area contributed by atoms with Crippen LogP contribution in [0.25, 0.3) is 0 Å². The van der Waals surface area contributed by atoms with E-state index in [4.69, 9.17) is 12.2 Å². The minimum Gasteiger partial charge on any atom is -0.351 e. The van der Waals surface area contributed by atoms with Gasteiger partial charge in [0.15, 0.2) is 10.9 Å². The molecule has 2 rings (SSSR count). The van der Waals surface area contributed by atoms with E-state index in [9.17, 15) is 14.9 Å². The van der Waals surface area contributed by atoms with Crippen molar-refractivity contribution >= 4 is 28.8 Å². The summed E-state index contributed by atoms with van der Waals surface area (Å²) in [6.07, 6.45) is 0. The summed E-state index contributed by atoms with van der Waals surface area (Å²) in [5.74, 6) is -0.0756. The molecule has 1 aromatic rings. The third kappa shape index (κ3) is 2.67. The van der Waals surface area contributed by atoms with Gasteiger partial charge in [-0.2, -0.15) is 0 Å². The zero-order chi connectivity index (χ0) is 14.9. The number of nitro groups is 1. The molecule has 1 aromatic carbocycles. The number of hydrogen-bond donors (Lipinski definition) is 2. The number of ketones is 1. The van der Waals surface area contributed by atoms with Crippen LogP contribution in [0, 0.1) is 10.1 Å². The van der Waals surface area contributed by atoms with Gasteiger partial charge in [0.05, 0.1) is 11.0 Å². The molecule has 0 unspecified atom stereocenters. The number of thiocarbonyl (C=S) groups is 1. The highest BCUT2D eigenvalue weighted by Gasteiger charge is 2.27. The van der Waals surface area contributed by atoms with E-state index in [1.807, 2.05) is 0 Å². The van der Waals surface area contributed by atoms with Crippen LogP contribution in [0.15, 0.2) is 35.5 Å². The molecule has 0 spiro atoms. The highest BCUT2D eigenvalue weighted by Crippen LogP contribution is 2.28. The summed E-state index contributed by atoms with van der Waals surface area (Å²) < 4.78 is 0. The summed E-state index contributed by atoms with van der Waals surface area (Å²) in [5, 5.41) is 17.0. The summed E-state index contributed by atoms with van der Waals surface area (Å²) in [6, 6.07) is 5.69. The zero-order valence-corrected chi connectivity index (χ0v) is 11.8. The average molecular weight is 291 g/mol. The van der Waals surface area contributed by atoms with Crippen molar-refractivity contribution in [2.75, 3.05) is 0 Å². The summed E-state index contributed by atoms with van der Waals surface area (Å²) in [6.45, 7) is 3.26. The van der Waals surface area contributed by atoms with Crippen LogP contribution in [0.3, 0.4) is 0 Å². The molecule has 1 heterocycles. The monoisotopic (exact) mass is 291 g/mol. The van der Waals surface area contributed by atoms with Crippen LogP contribution in [-0.2, 0) is 4.79 Å². The van der Waals surface area contributed by atoms with Gasteiger partial charge in [-0.3, -0.25) is 14.9 Å². The fourth-order valence-electron chi connectivity index (χ4n) is 2.20. The van der Waals surface area contributed by atoms with Gasteiger partial charge in [0, 0.05) is 23.4 Å². The Hall–Kier alpha value is -2.28. The van der Waals surface area contributed by atoms with Crippen LogP contribution in [0.2, 0.25) is 0 Å². The molecule has 0 bridgehead atoms. The Bertz CT molecular complexity index is 622. The highest BCUT2D eigenvalue weighted by atomic mass is 32.1. The molecule has 1 atom stereocenters. The maximum Gasteiger partial charge on any atom is 0.269 e. The van der Waals surface area contributed by atoms with Gasteiger partial charge >= 0.3 is 0 Å². The van der Waals surface area contributed by atoms with Crippen LogP contribution in [0.1, 0.15) is 25.5 Å². The van der Waals surface area contributed by atoms with Crippen LogP contribution in [-0.4, -0.2) is 15.8 Å². The Morgan fingerprint density at radius 3 is 2.45 bits per heavy atom. The molecule has 7 heteroatoms. The Balaban J connectivity index is 2.43. The molecular weight excluding hydrogens is 278 g/mol. The Morgan fingerprint density at radius 2 is 1.95 bits per heavy atom. The lowest BCUT2D eigenvalue weighted by molar-refractivity contribution is -0.384. The fourth-order valence-corrected chi connectivity index (χ4v) is 2.47.